The van der Waals surface area contributed by atoms with Crippen molar-refractivity contribution in [1.82, 2.24) is 9.78 Å². The Balaban J connectivity index is 3.13. The molecule has 11 heavy (non-hydrogen) atoms. The van der Waals surface area contributed by atoms with Gasteiger partial charge in [0.2, 0.25) is 0 Å². The van der Waals surface area contributed by atoms with Crippen LogP contribution in [0.3, 0.4) is 0 Å². The molecule has 0 aliphatic rings. The predicted molar refractivity (Wildman–Crippen MR) is 55.0 cm³/mol. The number of nitrogens with zero attached hydrogens (tertiary/aromatic N) is 2. The largest absolute Gasteiger partial charge is 0.248 e. The van der Waals surface area contributed by atoms with Crippen molar-refractivity contribution in [3.63, 3.8) is 0 Å². The van der Waals surface area contributed by atoms with Crippen LogP contribution in [-0.4, -0.2) is 9.78 Å². The first-order valence-electron chi connectivity index (χ1n) is 3.33. The molecule has 0 unspecified atom stereocenters. The SMILES string of the molecule is CC(C)(C)n1nc(I)cc1Cl. The van der Waals surface area contributed by atoms with E-state index in [1.54, 1.807) is 0 Å². The summed E-state index contributed by atoms with van der Waals surface area (Å²) < 4.78 is 2.75. The molecule has 0 atom stereocenters. The summed E-state index contributed by atoms with van der Waals surface area (Å²) in [6.07, 6.45) is 0. The molecule has 1 heterocycles. The highest BCUT2D eigenvalue weighted by atomic mass is 127. The standard InChI is InChI=1S/C7H10ClIN2/c1-7(2,3)11-5(8)4-6(9)10-11/h4H,1-3H3. The average Bonchev–Trinajstić information content (AvgIpc) is 2.08. The van der Waals surface area contributed by atoms with E-state index >= 15 is 0 Å². The summed E-state index contributed by atoms with van der Waals surface area (Å²) in [6.45, 7) is 6.21. The molecule has 62 valence electrons. The Morgan fingerprint density at radius 3 is 2.27 bits per heavy atom. The lowest BCUT2D eigenvalue weighted by atomic mass is 10.1. The zero-order valence-corrected chi connectivity index (χ0v) is 9.64. The van der Waals surface area contributed by atoms with Gasteiger partial charge < -0.3 is 0 Å². The summed E-state index contributed by atoms with van der Waals surface area (Å²) in [7, 11) is 0. The monoisotopic (exact) mass is 284 g/mol. The third-order valence-corrected chi connectivity index (χ3v) is 2.07. The Kier molecular flexibility index (Phi) is 2.49. The third kappa shape index (κ3) is 2.08. The molecule has 0 radical (unpaired) electrons. The molecule has 0 saturated heterocycles. The third-order valence-electron chi connectivity index (χ3n) is 1.27. The van der Waals surface area contributed by atoms with Crippen molar-refractivity contribution in [3.8, 4) is 0 Å². The van der Waals surface area contributed by atoms with Crippen molar-refractivity contribution in [2.45, 2.75) is 26.3 Å². The molecule has 0 fully saturated rings. The van der Waals surface area contributed by atoms with Crippen LogP contribution in [0.1, 0.15) is 20.8 Å². The smallest absolute Gasteiger partial charge is 0.128 e. The zero-order valence-electron chi connectivity index (χ0n) is 6.73. The first-order valence-corrected chi connectivity index (χ1v) is 4.78. The van der Waals surface area contributed by atoms with Gasteiger partial charge in [-0.25, -0.2) is 4.68 Å². The van der Waals surface area contributed by atoms with Gasteiger partial charge in [-0.15, -0.1) is 0 Å². The van der Waals surface area contributed by atoms with Crippen LogP contribution >= 0.6 is 34.2 Å². The molecule has 0 aromatic carbocycles. The maximum Gasteiger partial charge on any atom is 0.128 e. The van der Waals surface area contributed by atoms with Gasteiger partial charge in [-0.05, 0) is 43.4 Å². The van der Waals surface area contributed by atoms with Crippen LogP contribution in [0.2, 0.25) is 5.15 Å². The summed E-state index contributed by atoms with van der Waals surface area (Å²) in [4.78, 5) is 0. The van der Waals surface area contributed by atoms with E-state index in [1.807, 2.05) is 10.7 Å². The Labute approximate surface area is 85.1 Å². The van der Waals surface area contributed by atoms with Crippen LogP contribution in [0.15, 0.2) is 6.07 Å². The van der Waals surface area contributed by atoms with Crippen LogP contribution < -0.4 is 0 Å². The average molecular weight is 285 g/mol. The van der Waals surface area contributed by atoms with Crippen molar-refractivity contribution in [2.75, 3.05) is 0 Å². The zero-order chi connectivity index (χ0) is 8.65. The highest BCUT2D eigenvalue weighted by molar-refractivity contribution is 14.1. The fourth-order valence-electron chi connectivity index (χ4n) is 0.802. The molecule has 0 bridgehead atoms. The summed E-state index contributed by atoms with van der Waals surface area (Å²) in [5.74, 6) is 0. The molecular formula is C7H10ClIN2. The molecule has 0 amide bonds. The van der Waals surface area contributed by atoms with Gasteiger partial charge >= 0.3 is 0 Å². The van der Waals surface area contributed by atoms with Crippen LogP contribution in [0, 0.1) is 3.70 Å². The number of hydrogen-bond acceptors (Lipinski definition) is 1. The maximum absolute atomic E-state index is 5.93. The molecule has 1 aromatic rings. The van der Waals surface area contributed by atoms with Gasteiger partial charge in [0, 0.05) is 6.07 Å². The molecular weight excluding hydrogens is 274 g/mol. The minimum absolute atomic E-state index is 0.0273. The fraction of sp³-hybridized carbons (Fsp3) is 0.571. The quantitative estimate of drug-likeness (QED) is 0.670. The first kappa shape index (κ1) is 9.32. The van der Waals surface area contributed by atoms with E-state index in [0.717, 1.165) is 3.70 Å². The van der Waals surface area contributed by atoms with Gasteiger partial charge in [-0.1, -0.05) is 11.6 Å². The van der Waals surface area contributed by atoms with Crippen molar-refractivity contribution in [2.24, 2.45) is 0 Å². The molecule has 2 nitrogen and oxygen atoms in total. The minimum atomic E-state index is -0.0273. The topological polar surface area (TPSA) is 17.8 Å². The van der Waals surface area contributed by atoms with Crippen molar-refractivity contribution >= 4 is 34.2 Å². The van der Waals surface area contributed by atoms with E-state index in [2.05, 4.69) is 48.5 Å². The van der Waals surface area contributed by atoms with Gasteiger partial charge in [0.1, 0.15) is 8.85 Å². The van der Waals surface area contributed by atoms with Gasteiger partial charge in [-0.3, -0.25) is 0 Å². The summed E-state index contributed by atoms with van der Waals surface area (Å²) >= 11 is 8.08. The highest BCUT2D eigenvalue weighted by Gasteiger charge is 2.17. The molecule has 0 N–H and O–H groups in total. The van der Waals surface area contributed by atoms with E-state index in [-0.39, 0.29) is 5.54 Å². The van der Waals surface area contributed by atoms with E-state index in [0.29, 0.717) is 5.15 Å². The van der Waals surface area contributed by atoms with Crippen molar-refractivity contribution in [3.05, 3.63) is 14.9 Å². The molecule has 0 aliphatic carbocycles. The normalized spacial score (nSPS) is 12.1. The van der Waals surface area contributed by atoms with E-state index in [1.165, 1.54) is 0 Å². The number of rotatable bonds is 0. The number of aromatic nitrogens is 2. The van der Waals surface area contributed by atoms with Crippen molar-refractivity contribution < 1.29 is 0 Å². The Morgan fingerprint density at radius 1 is 1.55 bits per heavy atom. The van der Waals surface area contributed by atoms with Crippen LogP contribution in [0.25, 0.3) is 0 Å². The molecule has 1 rings (SSSR count). The number of hydrogen-bond donors (Lipinski definition) is 0. The fourth-order valence-corrected chi connectivity index (χ4v) is 1.89. The van der Waals surface area contributed by atoms with Crippen LogP contribution in [0.5, 0.6) is 0 Å². The molecule has 4 heteroatoms. The summed E-state index contributed by atoms with van der Waals surface area (Å²) in [5, 5.41) is 4.95. The molecule has 1 aromatic heterocycles. The van der Waals surface area contributed by atoms with Gasteiger partial charge in [0.15, 0.2) is 0 Å². The highest BCUT2D eigenvalue weighted by Crippen LogP contribution is 2.21. The van der Waals surface area contributed by atoms with Crippen molar-refractivity contribution in [1.29, 1.82) is 0 Å². The molecule has 0 aliphatic heterocycles. The molecule has 0 saturated carbocycles. The Hall–Kier alpha value is 0.230. The first-order chi connectivity index (χ1) is 4.91. The van der Waals surface area contributed by atoms with Crippen LogP contribution in [0.4, 0.5) is 0 Å². The Bertz CT molecular complexity index is 262. The van der Waals surface area contributed by atoms with Gasteiger partial charge in [0.25, 0.3) is 0 Å². The second kappa shape index (κ2) is 2.94. The molecule has 0 spiro atoms. The second-order valence-electron chi connectivity index (χ2n) is 3.37. The number of halogens is 2. The van der Waals surface area contributed by atoms with Gasteiger partial charge in [-0.2, -0.15) is 5.10 Å². The predicted octanol–water partition coefficient (Wildman–Crippen LogP) is 2.90. The lowest BCUT2D eigenvalue weighted by Gasteiger charge is -2.19. The maximum atomic E-state index is 5.93. The van der Waals surface area contributed by atoms with E-state index in [9.17, 15) is 0 Å². The van der Waals surface area contributed by atoms with E-state index < -0.39 is 0 Å². The lowest BCUT2D eigenvalue weighted by Crippen LogP contribution is -2.23. The summed E-state index contributed by atoms with van der Waals surface area (Å²) in [6, 6.07) is 1.85. The van der Waals surface area contributed by atoms with Gasteiger partial charge in [0.05, 0.1) is 5.54 Å². The van der Waals surface area contributed by atoms with Crippen LogP contribution in [-0.2, 0) is 5.54 Å². The minimum Gasteiger partial charge on any atom is -0.248 e. The summed E-state index contributed by atoms with van der Waals surface area (Å²) in [5.41, 5.74) is -0.0273. The van der Waals surface area contributed by atoms with E-state index in [4.69, 9.17) is 11.6 Å². The second-order valence-corrected chi connectivity index (χ2v) is 4.86. The lowest BCUT2D eigenvalue weighted by molar-refractivity contribution is 0.355. The Morgan fingerprint density at radius 2 is 2.09 bits per heavy atom.